The molecule has 7 nitrogen and oxygen atoms in total. The summed E-state index contributed by atoms with van der Waals surface area (Å²) >= 11 is 5.90. The fourth-order valence-corrected chi connectivity index (χ4v) is 5.18. The molecule has 4 N–H and O–H groups in total. The van der Waals surface area contributed by atoms with E-state index in [-0.39, 0.29) is 30.0 Å². The number of hydrogen-bond acceptors (Lipinski definition) is 5. The monoisotopic (exact) mass is 500 g/mol. The fourth-order valence-electron chi connectivity index (χ4n) is 3.64. The molecular weight excluding hydrogens is 476 g/mol. The molecule has 0 radical (unpaired) electrons. The number of carboxylic acids is 1. The smallest absolute Gasteiger partial charge is 0.320 e. The van der Waals surface area contributed by atoms with Gasteiger partial charge in [0.05, 0.1) is 9.79 Å². The number of carbonyl (C=O) groups is 1. The number of carboxylic acid groups (broad SMARTS) is 1. The number of sulfone groups is 1. The lowest BCUT2D eigenvalue weighted by Crippen LogP contribution is -2.32. The summed E-state index contributed by atoms with van der Waals surface area (Å²) in [7, 11) is -3.84. The molecule has 1 atom stereocenters. The van der Waals surface area contributed by atoms with Gasteiger partial charge in [-0.1, -0.05) is 23.7 Å². The van der Waals surface area contributed by atoms with Crippen LogP contribution in [-0.2, 0) is 21.1 Å². The third kappa shape index (κ3) is 4.65. The predicted octanol–water partition coefficient (Wildman–Crippen LogP) is 5.02. The second kappa shape index (κ2) is 9.13. The first kappa shape index (κ1) is 21.2. The van der Waals surface area contributed by atoms with E-state index < -0.39 is 21.8 Å². The van der Waals surface area contributed by atoms with Crippen molar-refractivity contribution in [3.8, 4) is 11.5 Å². The summed E-state index contributed by atoms with van der Waals surface area (Å²) in [6.45, 7) is -0.331. The highest BCUT2D eigenvalue weighted by Gasteiger charge is 2.22. The van der Waals surface area contributed by atoms with Crippen LogP contribution in [0, 0.1) is 13.8 Å². The number of aliphatic carboxylic acids is 1. The van der Waals surface area contributed by atoms with E-state index in [1.165, 1.54) is 30.5 Å². The quantitative estimate of drug-likeness (QED) is 0.327. The number of halogens is 1. The number of fused-ring (bicyclic) bond motifs is 1. The summed E-state index contributed by atoms with van der Waals surface area (Å²) in [5.74, 6) is -0.502. The number of aryl methyl sites for hydroxylation is 2. The first-order valence-electron chi connectivity index (χ1n) is 11.6. The lowest BCUT2D eigenvalue weighted by molar-refractivity contribution is -0.138. The van der Waals surface area contributed by atoms with Gasteiger partial charge in [-0.2, -0.15) is 0 Å². The third-order valence-electron chi connectivity index (χ3n) is 5.32. The molecular formula is C25H23ClN2O5S. The fraction of sp³-hybridized carbons (Fsp3) is 0.160. The van der Waals surface area contributed by atoms with Crippen LogP contribution in [0.25, 0.3) is 10.9 Å². The zero-order valence-corrected chi connectivity index (χ0v) is 19.5. The lowest BCUT2D eigenvalue weighted by atomic mass is 10.0. The maximum atomic E-state index is 13.3. The number of H-pyrrole nitrogens is 1. The summed E-state index contributed by atoms with van der Waals surface area (Å²) < 4.78 is 48.5. The highest BCUT2D eigenvalue weighted by molar-refractivity contribution is 7.91. The SMILES string of the molecule is [2H]Cc1cc(C[C@H](N)C(=O)O)cc(C[2H])c1Oc1ccc2[nH]cc(S(=O)(=O)c3ccc(Cl)cc3)c2c1. The molecule has 176 valence electrons. The Morgan fingerprint density at radius 3 is 2.44 bits per heavy atom. The Hall–Kier alpha value is -3.33. The Balaban J connectivity index is 1.73. The van der Waals surface area contributed by atoms with E-state index >= 15 is 0 Å². The van der Waals surface area contributed by atoms with E-state index in [0.29, 0.717) is 44.1 Å². The third-order valence-corrected chi connectivity index (χ3v) is 7.39. The molecule has 1 aromatic heterocycles. The summed E-state index contributed by atoms with van der Waals surface area (Å²) in [6.07, 6.45) is 1.47. The van der Waals surface area contributed by atoms with Gasteiger partial charge in [0, 0.05) is 24.9 Å². The molecule has 34 heavy (non-hydrogen) atoms. The molecule has 0 saturated carbocycles. The number of rotatable bonds is 7. The van der Waals surface area contributed by atoms with Crippen LogP contribution < -0.4 is 10.5 Å². The minimum Gasteiger partial charge on any atom is -0.480 e. The highest BCUT2D eigenvalue weighted by atomic mass is 35.5. The van der Waals surface area contributed by atoms with Gasteiger partial charge in [-0.15, -0.1) is 0 Å². The number of aromatic amines is 1. The summed E-state index contributed by atoms with van der Waals surface area (Å²) in [5.41, 5.74) is 7.78. The van der Waals surface area contributed by atoms with Crippen LogP contribution in [0.1, 0.15) is 19.4 Å². The summed E-state index contributed by atoms with van der Waals surface area (Å²) in [4.78, 5) is 14.3. The lowest BCUT2D eigenvalue weighted by Gasteiger charge is -2.15. The van der Waals surface area contributed by atoms with Crippen molar-refractivity contribution < 1.29 is 25.8 Å². The van der Waals surface area contributed by atoms with E-state index in [4.69, 9.17) is 29.9 Å². The Morgan fingerprint density at radius 2 is 1.82 bits per heavy atom. The average molecular weight is 501 g/mol. The molecule has 9 heteroatoms. The van der Waals surface area contributed by atoms with Crippen LogP contribution in [0.5, 0.6) is 11.5 Å². The molecule has 0 unspecified atom stereocenters. The molecule has 3 aromatic carbocycles. The van der Waals surface area contributed by atoms with Crippen LogP contribution in [0.4, 0.5) is 0 Å². The van der Waals surface area contributed by atoms with E-state index in [1.807, 2.05) is 0 Å². The first-order chi connectivity index (χ1) is 17.1. The topological polar surface area (TPSA) is 122 Å². The molecule has 0 aliphatic carbocycles. The van der Waals surface area contributed by atoms with Crippen molar-refractivity contribution in [1.29, 1.82) is 0 Å². The predicted molar refractivity (Wildman–Crippen MR) is 131 cm³/mol. The van der Waals surface area contributed by atoms with Gasteiger partial charge < -0.3 is 20.6 Å². The Labute approximate surface area is 204 Å². The van der Waals surface area contributed by atoms with Gasteiger partial charge in [0.15, 0.2) is 0 Å². The molecule has 0 fully saturated rings. The molecule has 0 amide bonds. The maximum Gasteiger partial charge on any atom is 0.320 e. The number of ether oxygens (including phenoxy) is 1. The van der Waals surface area contributed by atoms with Crippen LogP contribution in [-0.4, -0.2) is 30.5 Å². The highest BCUT2D eigenvalue weighted by Crippen LogP contribution is 2.35. The second-order valence-electron chi connectivity index (χ2n) is 7.81. The van der Waals surface area contributed by atoms with Crippen molar-refractivity contribution >= 4 is 38.3 Å². The number of benzene rings is 3. The number of nitrogens with two attached hydrogens (primary N) is 1. The zero-order chi connectivity index (χ0) is 26.0. The normalized spacial score (nSPS) is 13.4. The van der Waals surface area contributed by atoms with E-state index in [2.05, 4.69) is 4.98 Å². The number of aromatic nitrogens is 1. The van der Waals surface area contributed by atoms with Gasteiger partial charge in [0.2, 0.25) is 9.84 Å². The van der Waals surface area contributed by atoms with Gasteiger partial charge in [-0.25, -0.2) is 8.42 Å². The van der Waals surface area contributed by atoms with Crippen molar-refractivity contribution in [1.82, 2.24) is 4.98 Å². The molecule has 4 aromatic rings. The van der Waals surface area contributed by atoms with Crippen molar-refractivity contribution in [2.75, 3.05) is 0 Å². The number of nitrogens with one attached hydrogen (secondary N) is 1. The van der Waals surface area contributed by atoms with Gasteiger partial charge in [-0.3, -0.25) is 4.79 Å². The molecule has 1 heterocycles. The van der Waals surface area contributed by atoms with E-state index in [9.17, 15) is 13.2 Å². The average Bonchev–Trinajstić information content (AvgIpc) is 3.29. The van der Waals surface area contributed by atoms with Crippen molar-refractivity contribution in [2.45, 2.75) is 36.1 Å². The molecule has 0 aliphatic heterocycles. The second-order valence-corrected chi connectivity index (χ2v) is 10.2. The van der Waals surface area contributed by atoms with E-state index in [0.717, 1.165) is 0 Å². The van der Waals surface area contributed by atoms with Crippen LogP contribution >= 0.6 is 11.6 Å². The zero-order valence-electron chi connectivity index (χ0n) is 19.9. The molecule has 0 aliphatic rings. The minimum atomic E-state index is -3.84. The van der Waals surface area contributed by atoms with E-state index in [1.54, 1.807) is 30.3 Å². The number of hydrogen-bond donors (Lipinski definition) is 3. The molecule has 0 bridgehead atoms. The maximum absolute atomic E-state index is 13.3. The molecule has 0 spiro atoms. The Morgan fingerprint density at radius 1 is 1.15 bits per heavy atom. The van der Waals surface area contributed by atoms with Gasteiger partial charge in [0.25, 0.3) is 0 Å². The molecule has 4 rings (SSSR count). The van der Waals surface area contributed by atoms with Crippen LogP contribution in [0.2, 0.25) is 5.02 Å². The summed E-state index contributed by atoms with van der Waals surface area (Å²) in [6, 6.07) is 13.0. The van der Waals surface area contributed by atoms with Gasteiger partial charge >= 0.3 is 5.97 Å². The standard InChI is InChI=1S/C25H23ClN2O5S/c1-14-9-16(11-21(27)25(29)30)10-15(2)24(14)33-18-5-8-22-20(12-18)23(13-28-22)34(31,32)19-6-3-17(26)4-7-19/h3-10,12-13,21,28H,11,27H2,1-2H3,(H,29,30)/t21-/m0/s1/i1D,2D. The van der Waals surface area contributed by atoms with Gasteiger partial charge in [0.1, 0.15) is 17.5 Å². The summed E-state index contributed by atoms with van der Waals surface area (Å²) in [5, 5.41) is 9.95. The largest absolute Gasteiger partial charge is 0.480 e. The minimum absolute atomic E-state index is 0.0524. The van der Waals surface area contributed by atoms with Crippen LogP contribution in [0.15, 0.2) is 70.6 Å². The van der Waals surface area contributed by atoms with Gasteiger partial charge in [-0.05, 0) is 79.4 Å². The molecule has 0 saturated heterocycles. The van der Waals surface area contributed by atoms with Crippen molar-refractivity contribution in [2.24, 2.45) is 5.73 Å². The first-order valence-corrected chi connectivity index (χ1v) is 12.0. The van der Waals surface area contributed by atoms with Crippen molar-refractivity contribution in [3.05, 3.63) is 82.5 Å². The van der Waals surface area contributed by atoms with Crippen molar-refractivity contribution in [3.63, 3.8) is 0 Å². The van der Waals surface area contributed by atoms with Crippen LogP contribution in [0.3, 0.4) is 0 Å². The Kier molecular flexibility index (Phi) is 5.70. The Bertz CT molecular complexity index is 1510.